The number of hydrogen-bond acceptors (Lipinski definition) is 5. The largest absolute Gasteiger partial charge is 0.507 e. The van der Waals surface area contributed by atoms with Crippen molar-refractivity contribution in [3.05, 3.63) is 89.7 Å². The number of nitrogens with one attached hydrogen (secondary N) is 2. The quantitative estimate of drug-likeness (QED) is 0.167. The SMILES string of the molecule is CC(Nc1cc2cc(C(=O)N3C[C@@H](CCl)c4c3cc(O)c3ccccc43)[nH]c2cn1)c1ccc(N)cc1. The lowest BCUT2D eigenvalue weighted by molar-refractivity contribution is 0.0984. The minimum atomic E-state index is -0.176. The molecular weight excluding hydrogens is 486 g/mol. The fourth-order valence-electron chi connectivity index (χ4n) is 5.21. The van der Waals surface area contributed by atoms with Crippen molar-refractivity contribution in [1.29, 1.82) is 0 Å². The number of hydrogen-bond donors (Lipinski definition) is 4. The summed E-state index contributed by atoms with van der Waals surface area (Å²) in [5.74, 6) is 1.03. The highest BCUT2D eigenvalue weighted by Crippen LogP contribution is 2.45. The van der Waals surface area contributed by atoms with Crippen LogP contribution in [-0.4, -0.2) is 33.4 Å². The molecule has 1 unspecified atom stereocenters. The molecule has 0 bridgehead atoms. The molecule has 1 amide bonds. The maximum absolute atomic E-state index is 13.7. The zero-order chi connectivity index (χ0) is 25.7. The van der Waals surface area contributed by atoms with Gasteiger partial charge in [0.15, 0.2) is 0 Å². The van der Waals surface area contributed by atoms with Crippen LogP contribution in [0.15, 0.2) is 72.9 Å². The number of aromatic hydroxyl groups is 1. The van der Waals surface area contributed by atoms with Crippen molar-refractivity contribution in [1.82, 2.24) is 9.97 Å². The zero-order valence-electron chi connectivity index (χ0n) is 20.2. The second-order valence-electron chi connectivity index (χ2n) is 9.51. The van der Waals surface area contributed by atoms with Gasteiger partial charge in [-0.1, -0.05) is 36.4 Å². The number of anilines is 3. The number of rotatable bonds is 5. The molecule has 1 aliphatic rings. The standard InChI is InChI=1S/C29H26ClN5O2/c1-16(17-6-8-20(31)9-7-17)33-27-11-18-10-23(34-24(18)14-32-27)29(37)35-15-19(13-30)28-22-5-3-2-4-21(22)26(36)12-25(28)35/h2-12,14,16,19,34,36H,13,15,31H2,1H3,(H,32,33)/t16?,19-/m1/s1. The van der Waals surface area contributed by atoms with Crippen LogP contribution in [0.2, 0.25) is 0 Å². The van der Waals surface area contributed by atoms with Crippen molar-refractivity contribution in [3.8, 4) is 5.75 Å². The lowest BCUT2D eigenvalue weighted by atomic mass is 9.95. The van der Waals surface area contributed by atoms with Gasteiger partial charge in [0.1, 0.15) is 17.3 Å². The highest BCUT2D eigenvalue weighted by atomic mass is 35.5. The van der Waals surface area contributed by atoms with E-state index in [4.69, 9.17) is 17.3 Å². The molecule has 186 valence electrons. The van der Waals surface area contributed by atoms with E-state index >= 15 is 0 Å². The van der Waals surface area contributed by atoms with Crippen LogP contribution in [0.25, 0.3) is 21.7 Å². The molecule has 3 heterocycles. The van der Waals surface area contributed by atoms with E-state index in [9.17, 15) is 9.90 Å². The molecule has 37 heavy (non-hydrogen) atoms. The van der Waals surface area contributed by atoms with E-state index in [2.05, 4.69) is 22.2 Å². The summed E-state index contributed by atoms with van der Waals surface area (Å²) in [7, 11) is 0. The molecule has 0 spiro atoms. The van der Waals surface area contributed by atoms with Crippen LogP contribution in [0, 0.1) is 0 Å². The Balaban J connectivity index is 1.31. The third kappa shape index (κ3) is 4.01. The van der Waals surface area contributed by atoms with E-state index in [0.717, 1.165) is 38.5 Å². The van der Waals surface area contributed by atoms with Gasteiger partial charge in [0, 0.05) is 46.9 Å². The number of aromatic amines is 1. The van der Waals surface area contributed by atoms with Gasteiger partial charge in [-0.25, -0.2) is 4.98 Å². The number of fused-ring (bicyclic) bond motifs is 4. The summed E-state index contributed by atoms with van der Waals surface area (Å²) in [6.07, 6.45) is 1.73. The van der Waals surface area contributed by atoms with Gasteiger partial charge >= 0.3 is 0 Å². The Kier molecular flexibility index (Phi) is 5.65. The Hall–Kier alpha value is -4.23. The van der Waals surface area contributed by atoms with E-state index < -0.39 is 0 Å². The van der Waals surface area contributed by atoms with Gasteiger partial charge in [0.05, 0.1) is 17.4 Å². The summed E-state index contributed by atoms with van der Waals surface area (Å²) in [5, 5.41) is 16.6. The third-order valence-corrected chi connectivity index (χ3v) is 7.48. The Bertz CT molecular complexity index is 1650. The Morgan fingerprint density at radius 1 is 1.19 bits per heavy atom. The summed E-state index contributed by atoms with van der Waals surface area (Å²) in [6, 6.07) is 20.9. The van der Waals surface area contributed by atoms with Gasteiger partial charge < -0.3 is 26.0 Å². The molecular formula is C29H26ClN5O2. The second kappa shape index (κ2) is 9.01. The topological polar surface area (TPSA) is 107 Å². The number of carbonyl (C=O) groups is 1. The first-order valence-electron chi connectivity index (χ1n) is 12.2. The van der Waals surface area contributed by atoms with Gasteiger partial charge in [-0.05, 0) is 47.7 Å². The lowest BCUT2D eigenvalue weighted by Crippen LogP contribution is -2.30. The monoisotopic (exact) mass is 511 g/mol. The summed E-state index contributed by atoms with van der Waals surface area (Å²) in [4.78, 5) is 23.1. The molecule has 7 nitrogen and oxygen atoms in total. The number of pyridine rings is 1. The first kappa shape index (κ1) is 23.2. The van der Waals surface area contributed by atoms with Crippen molar-refractivity contribution < 1.29 is 9.90 Å². The van der Waals surface area contributed by atoms with E-state index in [0.29, 0.717) is 29.6 Å². The highest BCUT2D eigenvalue weighted by Gasteiger charge is 2.35. The van der Waals surface area contributed by atoms with E-state index in [1.54, 1.807) is 17.2 Å². The summed E-state index contributed by atoms with van der Waals surface area (Å²) in [6.45, 7) is 2.51. The predicted molar refractivity (Wildman–Crippen MR) is 150 cm³/mol. The molecule has 3 aromatic carbocycles. The average molecular weight is 512 g/mol. The molecule has 8 heteroatoms. The zero-order valence-corrected chi connectivity index (χ0v) is 21.0. The van der Waals surface area contributed by atoms with E-state index in [1.807, 2.05) is 60.7 Å². The Morgan fingerprint density at radius 3 is 2.70 bits per heavy atom. The van der Waals surface area contributed by atoms with Gasteiger partial charge in [-0.15, -0.1) is 11.6 Å². The molecule has 0 fully saturated rings. The smallest absolute Gasteiger partial charge is 0.274 e. The van der Waals surface area contributed by atoms with Crippen LogP contribution < -0.4 is 16.0 Å². The Labute approximate surface area is 218 Å². The second-order valence-corrected chi connectivity index (χ2v) is 9.82. The number of aromatic nitrogens is 2. The number of alkyl halides is 1. The molecule has 2 atom stereocenters. The molecule has 2 aromatic heterocycles. The number of benzene rings is 3. The summed E-state index contributed by atoms with van der Waals surface area (Å²) < 4.78 is 0. The molecule has 0 saturated carbocycles. The number of amides is 1. The third-order valence-electron chi connectivity index (χ3n) is 7.11. The van der Waals surface area contributed by atoms with Crippen molar-refractivity contribution in [2.24, 2.45) is 0 Å². The number of halogens is 1. The van der Waals surface area contributed by atoms with Gasteiger partial charge in [0.25, 0.3) is 5.91 Å². The highest BCUT2D eigenvalue weighted by molar-refractivity contribution is 6.19. The van der Waals surface area contributed by atoms with Crippen LogP contribution in [-0.2, 0) is 0 Å². The minimum Gasteiger partial charge on any atom is -0.507 e. The van der Waals surface area contributed by atoms with Gasteiger partial charge in [-0.2, -0.15) is 0 Å². The van der Waals surface area contributed by atoms with Crippen molar-refractivity contribution in [2.45, 2.75) is 18.9 Å². The van der Waals surface area contributed by atoms with Crippen LogP contribution in [0.3, 0.4) is 0 Å². The number of phenols is 1. The first-order chi connectivity index (χ1) is 17.9. The van der Waals surface area contributed by atoms with Crippen molar-refractivity contribution >= 4 is 56.4 Å². The first-order valence-corrected chi connectivity index (χ1v) is 12.7. The number of phenolic OH excluding ortho intramolecular Hbond substituents is 1. The molecule has 6 rings (SSSR count). The summed E-state index contributed by atoms with van der Waals surface area (Å²) >= 11 is 6.34. The van der Waals surface area contributed by atoms with E-state index in [1.165, 1.54) is 0 Å². The molecule has 0 radical (unpaired) electrons. The van der Waals surface area contributed by atoms with Gasteiger partial charge in [-0.3, -0.25) is 4.79 Å². The van der Waals surface area contributed by atoms with Crippen molar-refractivity contribution in [2.75, 3.05) is 28.4 Å². The molecule has 0 saturated heterocycles. The number of H-pyrrole nitrogens is 1. The fraction of sp³-hybridized carbons (Fsp3) is 0.172. The van der Waals surface area contributed by atoms with Crippen LogP contribution in [0.5, 0.6) is 5.75 Å². The number of nitrogens with zero attached hydrogens (tertiary/aromatic N) is 2. The number of carbonyl (C=O) groups excluding carboxylic acids is 1. The maximum atomic E-state index is 13.7. The molecule has 5 N–H and O–H groups in total. The van der Waals surface area contributed by atoms with Gasteiger partial charge in [0.2, 0.25) is 0 Å². The molecule has 1 aliphatic heterocycles. The minimum absolute atomic E-state index is 0.0252. The van der Waals surface area contributed by atoms with E-state index in [-0.39, 0.29) is 23.6 Å². The molecule has 0 aliphatic carbocycles. The number of nitrogens with two attached hydrogens (primary N) is 1. The predicted octanol–water partition coefficient (Wildman–Crippen LogP) is 6.16. The fourth-order valence-corrected chi connectivity index (χ4v) is 5.46. The molecule has 5 aromatic rings. The van der Waals surface area contributed by atoms with Crippen molar-refractivity contribution in [3.63, 3.8) is 0 Å². The number of nitrogen functional groups attached to an aromatic ring is 1. The lowest BCUT2D eigenvalue weighted by Gasteiger charge is -2.17. The van der Waals surface area contributed by atoms with Crippen LogP contribution in [0.1, 0.15) is 40.5 Å². The maximum Gasteiger partial charge on any atom is 0.274 e. The average Bonchev–Trinajstić information content (AvgIpc) is 3.50. The normalized spacial score (nSPS) is 15.7. The van der Waals surface area contributed by atoms with Crippen LogP contribution >= 0.6 is 11.6 Å². The summed E-state index contributed by atoms with van der Waals surface area (Å²) in [5.41, 5.74) is 10.5. The Morgan fingerprint density at radius 2 is 1.95 bits per heavy atom. The van der Waals surface area contributed by atoms with Crippen LogP contribution in [0.4, 0.5) is 17.2 Å².